The number of hydrogen-bond acceptors (Lipinski definition) is 4. The summed E-state index contributed by atoms with van der Waals surface area (Å²) in [6, 6.07) is 68.8. The number of benzene rings is 7. The van der Waals surface area contributed by atoms with E-state index in [4.69, 9.17) is 15.7 Å². The largest absolute Gasteiger partial charge is 0.383 e. The molecule has 6 heterocycles. The van der Waals surface area contributed by atoms with Gasteiger partial charge < -0.3 is 19.4 Å². The molecule has 0 spiro atoms. The normalized spacial score (nSPS) is 12.3. The van der Waals surface area contributed by atoms with Crippen molar-refractivity contribution < 1.29 is 0 Å². The Hall–Kier alpha value is -9.40. The zero-order chi connectivity index (χ0) is 45.8. The van der Waals surface area contributed by atoms with Crippen LogP contribution in [0.3, 0.4) is 0 Å². The fourth-order valence-electron chi connectivity index (χ4n) is 10.2. The summed E-state index contributed by atoms with van der Waals surface area (Å²) in [7, 11) is 0. The van der Waals surface area contributed by atoms with Gasteiger partial charge in [0.2, 0.25) is 0 Å². The highest BCUT2D eigenvalue weighted by Crippen LogP contribution is 2.40. The van der Waals surface area contributed by atoms with Crippen molar-refractivity contribution in [2.24, 2.45) is 10.7 Å². The van der Waals surface area contributed by atoms with E-state index >= 15 is 0 Å². The van der Waals surface area contributed by atoms with Crippen molar-refractivity contribution in [2.75, 3.05) is 0 Å². The number of aromatic nitrogens is 6. The van der Waals surface area contributed by atoms with Crippen LogP contribution in [0.2, 0.25) is 0 Å². The second-order valence-corrected chi connectivity index (χ2v) is 17.4. The van der Waals surface area contributed by atoms with Gasteiger partial charge in [0.15, 0.2) is 0 Å². The van der Waals surface area contributed by atoms with Crippen LogP contribution in [0.15, 0.2) is 236 Å². The fraction of sp³-hybridized carbons (Fsp3) is 0.0164. The molecular formula is C61H42N8. The summed E-state index contributed by atoms with van der Waals surface area (Å²) in [6.07, 6.45) is 11.9. The minimum Gasteiger partial charge on any atom is -0.383 e. The summed E-state index contributed by atoms with van der Waals surface area (Å²) >= 11 is 0. The zero-order valence-electron chi connectivity index (χ0n) is 37.4. The Bertz CT molecular complexity index is 4160. The molecular weight excluding hydrogens is 845 g/mol. The second-order valence-electron chi connectivity index (χ2n) is 17.4. The van der Waals surface area contributed by atoms with Crippen molar-refractivity contribution in [1.29, 1.82) is 0 Å². The molecule has 326 valence electrons. The lowest BCUT2D eigenvalue weighted by molar-refractivity contribution is 1.16. The van der Waals surface area contributed by atoms with Crippen LogP contribution in [0.25, 0.3) is 99.4 Å². The lowest BCUT2D eigenvalue weighted by atomic mass is 10.0. The highest BCUT2D eigenvalue weighted by Gasteiger charge is 2.19. The molecule has 6 aromatic heterocycles. The quantitative estimate of drug-likeness (QED) is 0.115. The van der Waals surface area contributed by atoms with Gasteiger partial charge in [-0.25, -0.2) is 4.99 Å². The molecule has 8 heteroatoms. The van der Waals surface area contributed by atoms with Gasteiger partial charge in [-0.1, -0.05) is 97.1 Å². The number of aliphatic imine (C=N–C) groups is 1. The minimum atomic E-state index is 0.419. The Morgan fingerprint density at radius 1 is 0.435 bits per heavy atom. The van der Waals surface area contributed by atoms with Crippen LogP contribution >= 0.6 is 0 Å². The fourth-order valence-corrected chi connectivity index (χ4v) is 10.2. The number of hydrogen-bond donors (Lipinski definition) is 1. The molecule has 0 radical (unpaired) electrons. The van der Waals surface area contributed by atoms with E-state index in [1.165, 1.54) is 21.5 Å². The van der Waals surface area contributed by atoms with Crippen molar-refractivity contribution in [3.8, 4) is 28.2 Å². The number of allylic oxidation sites excluding steroid dienone is 1. The lowest BCUT2D eigenvalue weighted by Crippen LogP contribution is -2.14. The van der Waals surface area contributed by atoms with Crippen molar-refractivity contribution in [3.05, 3.63) is 248 Å². The van der Waals surface area contributed by atoms with E-state index in [0.29, 0.717) is 12.3 Å². The molecule has 8 nitrogen and oxygen atoms in total. The standard InChI is InChI=1S/C61H42N8/c62-61(66-53(44-14-10-32-64-39-44)28-23-40-12-9-31-63-38-40)43-13-8-17-46(34-43)69-54-20-6-4-18-48(54)50-27-24-42(36-59(50)69)41-25-29-56-51(35-41)49-19-5-7-21-55(49)68(56)47-26-30-57-52(37-47)60-58(22-11-33-65-60)67(57)45-15-2-1-3-16-45/h1-22,24-39H,23H2,(H2,62,66)/b53-28-. The molecule has 0 saturated carbocycles. The average Bonchev–Trinajstić information content (AvgIpc) is 4.05. The van der Waals surface area contributed by atoms with Crippen LogP contribution in [0.4, 0.5) is 0 Å². The molecule has 7 aromatic carbocycles. The number of para-hydroxylation sites is 3. The van der Waals surface area contributed by atoms with Gasteiger partial charge in [-0.2, -0.15) is 0 Å². The predicted octanol–water partition coefficient (Wildman–Crippen LogP) is 13.8. The number of rotatable bonds is 9. The maximum Gasteiger partial charge on any atom is 0.131 e. The zero-order valence-corrected chi connectivity index (χ0v) is 37.4. The molecule has 0 fully saturated rings. The van der Waals surface area contributed by atoms with Crippen molar-refractivity contribution >= 4 is 77.1 Å². The number of fused-ring (bicyclic) bond motifs is 9. The van der Waals surface area contributed by atoms with E-state index < -0.39 is 0 Å². The van der Waals surface area contributed by atoms with E-state index in [9.17, 15) is 0 Å². The molecule has 2 N–H and O–H groups in total. The van der Waals surface area contributed by atoms with Crippen LogP contribution in [0, 0.1) is 0 Å². The van der Waals surface area contributed by atoms with Gasteiger partial charge in [-0.05, 0) is 126 Å². The molecule has 0 saturated heterocycles. The summed E-state index contributed by atoms with van der Waals surface area (Å²) in [4.78, 5) is 18.6. The van der Waals surface area contributed by atoms with Gasteiger partial charge in [0.1, 0.15) is 5.84 Å². The molecule has 13 aromatic rings. The van der Waals surface area contributed by atoms with Crippen molar-refractivity contribution in [2.45, 2.75) is 6.42 Å². The van der Waals surface area contributed by atoms with Gasteiger partial charge in [0.25, 0.3) is 0 Å². The third-order valence-corrected chi connectivity index (χ3v) is 13.3. The number of pyridine rings is 3. The SMILES string of the molecule is NC(=N/C(=C\Cc1cccnc1)c1cccnc1)c1cccc(-n2c3ccccc3c3ccc(-c4ccc5c(c4)c4ccccc4n5-c4ccc5c(c4)c4ncccc4n5-c4ccccc4)cc32)c1. The first-order chi connectivity index (χ1) is 34.1. The third kappa shape index (κ3) is 6.85. The summed E-state index contributed by atoms with van der Waals surface area (Å²) in [6.45, 7) is 0. The Morgan fingerprint density at radius 2 is 1.04 bits per heavy atom. The molecule has 0 aliphatic rings. The van der Waals surface area contributed by atoms with Crippen LogP contribution < -0.4 is 5.73 Å². The van der Waals surface area contributed by atoms with Crippen LogP contribution in [-0.4, -0.2) is 34.5 Å². The smallest absolute Gasteiger partial charge is 0.131 e. The second kappa shape index (κ2) is 16.5. The molecule has 0 aliphatic heterocycles. The van der Waals surface area contributed by atoms with Gasteiger partial charge in [0.05, 0.1) is 44.3 Å². The highest BCUT2D eigenvalue weighted by molar-refractivity contribution is 6.14. The van der Waals surface area contributed by atoms with Crippen molar-refractivity contribution in [3.63, 3.8) is 0 Å². The molecule has 13 rings (SSSR count). The molecule has 0 unspecified atom stereocenters. The van der Waals surface area contributed by atoms with Gasteiger partial charge in [0, 0.05) is 86.1 Å². The van der Waals surface area contributed by atoms with E-state index in [0.717, 1.165) is 94.6 Å². The van der Waals surface area contributed by atoms with E-state index in [1.807, 2.05) is 48.9 Å². The summed E-state index contributed by atoms with van der Waals surface area (Å²) in [5.41, 5.74) is 23.6. The first kappa shape index (κ1) is 39.9. The van der Waals surface area contributed by atoms with E-state index in [2.05, 4.69) is 194 Å². The first-order valence-corrected chi connectivity index (χ1v) is 23.1. The van der Waals surface area contributed by atoms with E-state index in [1.54, 1.807) is 12.4 Å². The predicted molar refractivity (Wildman–Crippen MR) is 284 cm³/mol. The number of nitrogens with two attached hydrogens (primary N) is 1. The van der Waals surface area contributed by atoms with Crippen molar-refractivity contribution in [1.82, 2.24) is 28.7 Å². The molecule has 0 atom stereocenters. The maximum absolute atomic E-state index is 6.90. The monoisotopic (exact) mass is 886 g/mol. The highest BCUT2D eigenvalue weighted by atomic mass is 15.0. The van der Waals surface area contributed by atoms with E-state index in [-0.39, 0.29) is 0 Å². The summed E-state index contributed by atoms with van der Waals surface area (Å²) < 4.78 is 7.04. The topological polar surface area (TPSA) is 91.8 Å². The molecule has 0 bridgehead atoms. The Morgan fingerprint density at radius 3 is 1.86 bits per heavy atom. The van der Waals surface area contributed by atoms with Gasteiger partial charge in [-0.3, -0.25) is 15.0 Å². The lowest BCUT2D eigenvalue weighted by Gasteiger charge is -2.12. The minimum absolute atomic E-state index is 0.419. The number of amidine groups is 1. The first-order valence-electron chi connectivity index (χ1n) is 23.1. The van der Waals surface area contributed by atoms with Gasteiger partial charge in [-0.15, -0.1) is 0 Å². The van der Waals surface area contributed by atoms with Crippen LogP contribution in [0.5, 0.6) is 0 Å². The van der Waals surface area contributed by atoms with Crippen LogP contribution in [0.1, 0.15) is 16.7 Å². The third-order valence-electron chi connectivity index (χ3n) is 13.3. The molecule has 0 amide bonds. The van der Waals surface area contributed by atoms with Crippen LogP contribution in [-0.2, 0) is 6.42 Å². The Kier molecular flexibility index (Phi) is 9.54. The average molecular weight is 887 g/mol. The van der Waals surface area contributed by atoms with Gasteiger partial charge >= 0.3 is 0 Å². The number of nitrogens with zero attached hydrogens (tertiary/aromatic N) is 7. The molecule has 0 aliphatic carbocycles. The Labute approximate surface area is 397 Å². The maximum atomic E-state index is 6.90. The molecule has 69 heavy (non-hydrogen) atoms. The Balaban J connectivity index is 0.915. The summed E-state index contributed by atoms with van der Waals surface area (Å²) in [5, 5.41) is 5.86. The summed E-state index contributed by atoms with van der Waals surface area (Å²) in [5.74, 6) is 0.419.